The van der Waals surface area contributed by atoms with Crippen LogP contribution < -0.4 is 9.80 Å². The number of aliphatic hydroxyl groups is 1. The predicted octanol–water partition coefficient (Wildman–Crippen LogP) is 3.56. The van der Waals surface area contributed by atoms with Crippen molar-refractivity contribution >= 4 is 49.7 Å². The van der Waals surface area contributed by atoms with Crippen molar-refractivity contribution in [2.45, 2.75) is 31.9 Å². The van der Waals surface area contributed by atoms with Gasteiger partial charge in [0.1, 0.15) is 22.5 Å². The van der Waals surface area contributed by atoms with Gasteiger partial charge in [-0.05, 0) is 37.1 Å². The van der Waals surface area contributed by atoms with Gasteiger partial charge in [0.25, 0.3) is 0 Å². The first-order valence-corrected chi connectivity index (χ1v) is 14.6. The van der Waals surface area contributed by atoms with Gasteiger partial charge >= 0.3 is 6.03 Å². The van der Waals surface area contributed by atoms with E-state index in [0.29, 0.717) is 47.3 Å². The number of aliphatic hydroxyl groups excluding tert-OH is 1. The summed E-state index contributed by atoms with van der Waals surface area (Å²) in [4.78, 5) is 31.0. The topological polar surface area (TPSA) is 117 Å². The molecule has 0 bridgehead atoms. The number of hydrogen-bond acceptors (Lipinski definition) is 10. The molecule has 1 atom stereocenters. The van der Waals surface area contributed by atoms with E-state index in [0.717, 1.165) is 34.6 Å². The Labute approximate surface area is 238 Å². The number of likely N-dealkylation sites (N-methyl/N-ethyl adjacent to an activating group) is 1. The number of rotatable bonds is 6. The molecule has 5 heterocycles. The molecular weight excluding hydrogens is 553 g/mol. The van der Waals surface area contributed by atoms with Crippen LogP contribution in [0.4, 0.5) is 25.3 Å². The molecule has 208 valence electrons. The third kappa shape index (κ3) is 4.53. The fraction of sp³-hybridized carbons (Fsp3) is 0.423. The Morgan fingerprint density at radius 1 is 1.20 bits per heavy atom. The number of β-amino-alcohol motifs (C(OH)–C–C–N with tert-alkyl or cyclic N) is 1. The van der Waals surface area contributed by atoms with E-state index in [4.69, 9.17) is 15.1 Å². The van der Waals surface area contributed by atoms with Gasteiger partial charge in [0.05, 0.1) is 30.9 Å². The number of nitrogens with zero attached hydrogens (tertiary/aromatic N) is 9. The van der Waals surface area contributed by atoms with Crippen LogP contribution in [0.15, 0.2) is 24.3 Å². The number of aryl methyl sites for hydroxylation is 1. The molecule has 2 fully saturated rings. The number of fused-ring (bicyclic) bond motifs is 1. The summed E-state index contributed by atoms with van der Waals surface area (Å²) in [5.41, 5.74) is 2.06. The summed E-state index contributed by atoms with van der Waals surface area (Å²) in [6.07, 6.45) is 1.10. The Hall–Kier alpha value is -3.80. The molecule has 14 heteroatoms. The maximum atomic E-state index is 13.5. The summed E-state index contributed by atoms with van der Waals surface area (Å²) in [6.45, 7) is 4.25. The van der Waals surface area contributed by atoms with E-state index in [1.165, 1.54) is 34.8 Å². The van der Waals surface area contributed by atoms with E-state index < -0.39 is 6.10 Å². The highest BCUT2D eigenvalue weighted by Crippen LogP contribution is 2.38. The van der Waals surface area contributed by atoms with Gasteiger partial charge in [0.2, 0.25) is 10.1 Å². The maximum Gasteiger partial charge on any atom is 0.320 e. The van der Waals surface area contributed by atoms with E-state index in [1.54, 1.807) is 21.9 Å². The van der Waals surface area contributed by atoms with Crippen molar-refractivity contribution in [1.82, 2.24) is 29.4 Å². The molecule has 0 radical (unpaired) electrons. The number of aromatic nitrogens is 4. The molecule has 0 saturated carbocycles. The van der Waals surface area contributed by atoms with Crippen LogP contribution in [0.5, 0.6) is 0 Å². The smallest absolute Gasteiger partial charge is 0.320 e. The molecule has 0 spiro atoms. The second kappa shape index (κ2) is 10.3. The minimum absolute atomic E-state index is 0.0530. The van der Waals surface area contributed by atoms with Gasteiger partial charge in [-0.2, -0.15) is 9.78 Å². The number of imidazole rings is 1. The number of anilines is 3. The number of benzene rings is 1. The van der Waals surface area contributed by atoms with E-state index in [2.05, 4.69) is 11.0 Å². The molecule has 11 nitrogen and oxygen atoms in total. The lowest BCUT2D eigenvalue weighted by Crippen LogP contribution is -2.58. The molecule has 1 N–H and O–H groups in total. The van der Waals surface area contributed by atoms with Crippen LogP contribution in [0, 0.1) is 17.1 Å². The molecule has 2 amide bonds. The Bertz CT molecular complexity index is 1600. The van der Waals surface area contributed by atoms with Crippen molar-refractivity contribution in [1.29, 1.82) is 5.26 Å². The van der Waals surface area contributed by atoms with Crippen molar-refractivity contribution in [3.63, 3.8) is 0 Å². The Morgan fingerprint density at radius 2 is 1.95 bits per heavy atom. The molecule has 0 aliphatic carbocycles. The van der Waals surface area contributed by atoms with E-state index in [9.17, 15) is 19.6 Å². The summed E-state index contributed by atoms with van der Waals surface area (Å²) in [5.74, 6) is 0.435. The van der Waals surface area contributed by atoms with Gasteiger partial charge in [0, 0.05) is 32.7 Å². The highest BCUT2D eigenvalue weighted by molar-refractivity contribution is 7.20. The van der Waals surface area contributed by atoms with Crippen LogP contribution >= 0.6 is 22.7 Å². The SMILES string of the molecule is CCc1nc2sc(N3CCC(N(C)C(=O)N4CC(O)C4)C3)nn2c1N(C)c1nc(-c2ccc(F)cc2)c(C#N)s1. The van der Waals surface area contributed by atoms with Crippen LogP contribution in [0.2, 0.25) is 0 Å². The van der Waals surface area contributed by atoms with E-state index in [1.807, 2.05) is 30.4 Å². The number of carbonyl (C=O) groups is 1. The molecule has 2 saturated heterocycles. The fourth-order valence-corrected chi connectivity index (χ4v) is 6.91. The summed E-state index contributed by atoms with van der Waals surface area (Å²) in [5, 5.41) is 25.7. The lowest BCUT2D eigenvalue weighted by molar-refractivity contribution is 0.0144. The molecule has 1 unspecified atom stereocenters. The molecule has 3 aromatic heterocycles. The molecule has 2 aliphatic heterocycles. The maximum absolute atomic E-state index is 13.5. The van der Waals surface area contributed by atoms with Gasteiger partial charge in [-0.3, -0.25) is 0 Å². The second-order valence-corrected chi connectivity index (χ2v) is 11.9. The third-order valence-electron chi connectivity index (χ3n) is 7.43. The van der Waals surface area contributed by atoms with Gasteiger partial charge in [0.15, 0.2) is 10.9 Å². The van der Waals surface area contributed by atoms with E-state index in [-0.39, 0.29) is 17.9 Å². The lowest BCUT2D eigenvalue weighted by atomic mass is 10.1. The number of halogens is 1. The first kappa shape index (κ1) is 26.4. The average molecular weight is 582 g/mol. The standard InChI is InChI=1S/C26H28FN9O2S2/c1-4-19-22(33(3)23-30-21(20(11-28)39-23)15-5-7-16(27)8-6-15)36-24(29-19)40-25(31-36)34-10-9-17(12-34)32(2)26(38)35-13-18(37)14-35/h5-8,17-18,37H,4,9-10,12-14H2,1-3H3. The number of nitriles is 1. The molecule has 6 rings (SSSR count). The largest absolute Gasteiger partial charge is 0.389 e. The molecule has 1 aromatic carbocycles. The molecule has 40 heavy (non-hydrogen) atoms. The van der Waals surface area contributed by atoms with Crippen LogP contribution in [0.25, 0.3) is 16.2 Å². The predicted molar refractivity (Wildman–Crippen MR) is 152 cm³/mol. The normalized spacial score (nSPS) is 17.4. The number of urea groups is 1. The zero-order valence-electron chi connectivity index (χ0n) is 22.3. The Balaban J connectivity index is 1.26. The first-order valence-electron chi connectivity index (χ1n) is 13.0. The van der Waals surface area contributed by atoms with Gasteiger partial charge < -0.3 is 24.7 Å². The molecular formula is C26H28FN9O2S2. The van der Waals surface area contributed by atoms with Crippen LogP contribution in [-0.4, -0.2) is 92.9 Å². The summed E-state index contributed by atoms with van der Waals surface area (Å²) in [6, 6.07) is 8.19. The van der Waals surface area contributed by atoms with Crippen LogP contribution in [0.3, 0.4) is 0 Å². The third-order valence-corrected chi connectivity index (χ3v) is 9.44. The van der Waals surface area contributed by atoms with Crippen LogP contribution in [-0.2, 0) is 6.42 Å². The number of likely N-dealkylation sites (tertiary alicyclic amines) is 1. The minimum atomic E-state index is -0.422. The van der Waals surface area contributed by atoms with Crippen molar-refractivity contribution in [2.24, 2.45) is 0 Å². The zero-order valence-corrected chi connectivity index (χ0v) is 23.9. The zero-order chi connectivity index (χ0) is 28.1. The van der Waals surface area contributed by atoms with Crippen molar-refractivity contribution in [3.05, 3.63) is 40.7 Å². The summed E-state index contributed by atoms with van der Waals surface area (Å²) >= 11 is 2.77. The number of amides is 2. The van der Waals surface area contributed by atoms with Crippen molar-refractivity contribution < 1.29 is 14.3 Å². The fourth-order valence-electron chi connectivity index (χ4n) is 5.11. The van der Waals surface area contributed by atoms with Gasteiger partial charge in [-0.15, -0.1) is 5.10 Å². The number of thiazole rings is 1. The van der Waals surface area contributed by atoms with Gasteiger partial charge in [-0.1, -0.05) is 29.6 Å². The minimum Gasteiger partial charge on any atom is -0.389 e. The number of carbonyl (C=O) groups excluding carboxylic acids is 1. The quantitative estimate of drug-likeness (QED) is 0.367. The Kier molecular flexibility index (Phi) is 6.81. The average Bonchev–Trinajstić information content (AvgIpc) is 3.72. The monoisotopic (exact) mass is 581 g/mol. The van der Waals surface area contributed by atoms with Crippen LogP contribution in [0.1, 0.15) is 23.9 Å². The Morgan fingerprint density at radius 3 is 2.62 bits per heavy atom. The highest BCUT2D eigenvalue weighted by Gasteiger charge is 2.36. The van der Waals surface area contributed by atoms with Crippen molar-refractivity contribution in [3.8, 4) is 17.3 Å². The van der Waals surface area contributed by atoms with Gasteiger partial charge in [-0.25, -0.2) is 19.2 Å². The summed E-state index contributed by atoms with van der Waals surface area (Å²) < 4.78 is 15.3. The van der Waals surface area contributed by atoms with E-state index >= 15 is 0 Å². The first-order chi connectivity index (χ1) is 19.3. The summed E-state index contributed by atoms with van der Waals surface area (Å²) in [7, 11) is 3.70. The number of hydrogen-bond donors (Lipinski definition) is 1. The second-order valence-electron chi connectivity index (χ2n) is 10.0. The molecule has 2 aliphatic rings. The lowest BCUT2D eigenvalue weighted by Gasteiger charge is -2.39. The van der Waals surface area contributed by atoms with Crippen molar-refractivity contribution in [2.75, 3.05) is 50.1 Å². The highest BCUT2D eigenvalue weighted by atomic mass is 32.1. The molecule has 4 aromatic rings.